The molecule has 2 saturated carbocycles. The lowest BCUT2D eigenvalue weighted by Crippen LogP contribution is -2.29. The van der Waals surface area contributed by atoms with Crippen molar-refractivity contribution in [3.05, 3.63) is 180 Å². The number of aromatic nitrogens is 2. The van der Waals surface area contributed by atoms with Gasteiger partial charge in [0.1, 0.15) is 5.58 Å². The van der Waals surface area contributed by atoms with Gasteiger partial charge in [0.05, 0.1) is 11.1 Å². The molecule has 2 fully saturated rings. The zero-order chi connectivity index (χ0) is 40.1. The maximum absolute atomic E-state index is 6.31. The fourth-order valence-electron chi connectivity index (χ4n) is 12.3. The molecule has 0 N–H and O–H groups in total. The molecule has 0 saturated heterocycles. The van der Waals surface area contributed by atoms with Gasteiger partial charge in [0.2, 0.25) is 5.71 Å². The van der Waals surface area contributed by atoms with Crippen LogP contribution in [0.15, 0.2) is 162 Å². The molecule has 2 heterocycles. The number of furan rings is 1. The quantitative estimate of drug-likeness (QED) is 0.178. The molecule has 13 rings (SSSR count). The van der Waals surface area contributed by atoms with Crippen LogP contribution in [0.3, 0.4) is 0 Å². The molecule has 3 nitrogen and oxygen atoms in total. The largest absolute Gasteiger partial charge is 0.438 e. The van der Waals surface area contributed by atoms with Crippen LogP contribution < -0.4 is 0 Å². The molecule has 4 aliphatic carbocycles. The summed E-state index contributed by atoms with van der Waals surface area (Å²) >= 11 is 0. The Balaban J connectivity index is 0.869. The van der Waals surface area contributed by atoms with Crippen LogP contribution in [0.25, 0.3) is 89.2 Å². The van der Waals surface area contributed by atoms with Gasteiger partial charge in [-0.05, 0) is 123 Å². The van der Waals surface area contributed by atoms with Crippen molar-refractivity contribution in [3.63, 3.8) is 0 Å². The fraction of sp³-hybridized carbons (Fsp3) is 0.207. The lowest BCUT2D eigenvalue weighted by atomic mass is 9.66. The lowest BCUT2D eigenvalue weighted by molar-refractivity contribution is 0.350. The first-order valence-electron chi connectivity index (χ1n) is 22.6. The minimum absolute atomic E-state index is 0.0759. The third-order valence-electron chi connectivity index (χ3n) is 15.1. The van der Waals surface area contributed by atoms with Crippen LogP contribution in [-0.2, 0) is 10.8 Å². The zero-order valence-electron chi connectivity index (χ0n) is 34.4. The van der Waals surface area contributed by atoms with Crippen molar-refractivity contribution in [2.45, 2.75) is 75.0 Å². The zero-order valence-corrected chi connectivity index (χ0v) is 34.4. The molecule has 4 aliphatic rings. The maximum Gasteiger partial charge on any atom is 0.231 e. The molecule has 0 radical (unpaired) electrons. The van der Waals surface area contributed by atoms with E-state index in [1.54, 1.807) is 22.3 Å². The lowest BCUT2D eigenvalue weighted by Gasteiger charge is -2.37. The minimum atomic E-state index is 0.0759. The number of para-hydroxylation sites is 1. The predicted molar refractivity (Wildman–Crippen MR) is 250 cm³/mol. The van der Waals surface area contributed by atoms with Crippen molar-refractivity contribution in [2.75, 3.05) is 0 Å². The Morgan fingerprint density at radius 2 is 0.934 bits per heavy atom. The Morgan fingerprint density at radius 1 is 0.377 bits per heavy atom. The van der Waals surface area contributed by atoms with E-state index in [9.17, 15) is 0 Å². The number of benzene rings is 7. The SMILES string of the molecule is c1ccc(-c2nc(-c3ccc(-c4cccc(-c5ccc6c(c5)C5(CCCCC5)c5cc7c(cc5-6)C5(CCCCC5)c5ccccc5-7)c4)cc3)nc3oc4ccccc4c23)cc1. The Labute approximate surface area is 357 Å². The van der Waals surface area contributed by atoms with Crippen molar-refractivity contribution < 1.29 is 4.42 Å². The second kappa shape index (κ2) is 13.5. The Hall–Kier alpha value is -6.58. The van der Waals surface area contributed by atoms with Crippen LogP contribution in [0.5, 0.6) is 0 Å². The highest BCUT2D eigenvalue weighted by Gasteiger charge is 2.49. The van der Waals surface area contributed by atoms with Gasteiger partial charge in [-0.2, -0.15) is 4.98 Å². The minimum Gasteiger partial charge on any atom is -0.438 e. The molecule has 294 valence electrons. The van der Waals surface area contributed by atoms with Crippen LogP contribution in [0.1, 0.15) is 86.5 Å². The van der Waals surface area contributed by atoms with Gasteiger partial charge in [0.15, 0.2) is 5.82 Å². The highest BCUT2D eigenvalue weighted by atomic mass is 16.3. The third-order valence-corrected chi connectivity index (χ3v) is 15.1. The van der Waals surface area contributed by atoms with Gasteiger partial charge in [-0.1, -0.05) is 166 Å². The van der Waals surface area contributed by atoms with Gasteiger partial charge in [-0.25, -0.2) is 4.98 Å². The number of rotatable bonds is 4. The molecule has 9 aromatic rings. The van der Waals surface area contributed by atoms with Gasteiger partial charge in [0, 0.05) is 27.3 Å². The van der Waals surface area contributed by atoms with Gasteiger partial charge in [0.25, 0.3) is 0 Å². The Kier molecular flexibility index (Phi) is 7.77. The smallest absolute Gasteiger partial charge is 0.231 e. The van der Waals surface area contributed by atoms with E-state index in [1.165, 1.54) is 109 Å². The van der Waals surface area contributed by atoms with E-state index >= 15 is 0 Å². The summed E-state index contributed by atoms with van der Waals surface area (Å²) in [5.41, 5.74) is 21.8. The van der Waals surface area contributed by atoms with Gasteiger partial charge in [-0.3, -0.25) is 0 Å². The van der Waals surface area contributed by atoms with Gasteiger partial charge >= 0.3 is 0 Å². The number of nitrogens with zero attached hydrogens (tertiary/aromatic N) is 2. The third kappa shape index (κ3) is 5.22. The van der Waals surface area contributed by atoms with Gasteiger partial charge < -0.3 is 4.42 Å². The summed E-state index contributed by atoms with van der Waals surface area (Å²) in [7, 11) is 0. The normalized spacial score (nSPS) is 16.8. The first-order chi connectivity index (χ1) is 30.2. The summed E-state index contributed by atoms with van der Waals surface area (Å²) in [4.78, 5) is 10.2. The molecule has 7 aromatic carbocycles. The van der Waals surface area contributed by atoms with Crippen LogP contribution in [-0.4, -0.2) is 9.97 Å². The summed E-state index contributed by atoms with van der Waals surface area (Å²) in [5.74, 6) is 0.657. The average Bonchev–Trinajstić information content (AvgIpc) is 3.93. The van der Waals surface area contributed by atoms with E-state index < -0.39 is 0 Å². The van der Waals surface area contributed by atoms with Crippen LogP contribution in [0.4, 0.5) is 0 Å². The molecule has 61 heavy (non-hydrogen) atoms. The number of hydrogen-bond acceptors (Lipinski definition) is 3. The topological polar surface area (TPSA) is 38.9 Å². The average molecular weight is 787 g/mol. The number of fused-ring (bicyclic) bond motifs is 13. The van der Waals surface area contributed by atoms with E-state index in [1.807, 2.05) is 24.3 Å². The van der Waals surface area contributed by atoms with E-state index in [4.69, 9.17) is 14.4 Å². The van der Waals surface area contributed by atoms with Crippen molar-refractivity contribution in [1.29, 1.82) is 0 Å². The molecule has 2 aromatic heterocycles. The fourth-order valence-corrected chi connectivity index (χ4v) is 12.3. The van der Waals surface area contributed by atoms with E-state index in [2.05, 4.69) is 133 Å². The molecule has 0 atom stereocenters. The molecule has 3 heteroatoms. The highest BCUT2D eigenvalue weighted by Crippen LogP contribution is 2.62. The summed E-state index contributed by atoms with van der Waals surface area (Å²) in [6.45, 7) is 0. The van der Waals surface area contributed by atoms with E-state index in [0.29, 0.717) is 11.5 Å². The Bertz CT molecular complexity index is 3200. The second-order valence-corrected chi connectivity index (χ2v) is 18.2. The standard InChI is InChI=1S/C58H46N2O/c1-4-15-38(16-5-1)54-53-45-20-7-9-22-52(45)61-56(53)60-55(59-54)39-25-23-37(24-26-39)40-17-14-18-41(33-40)42-27-28-44-47-36-50-46(35-51(47)58(49(44)34-42)31-12-3-13-32-58)43-19-6-8-21-48(43)57(50)29-10-2-11-30-57/h1,4-9,14-28,33-36H,2-3,10-13,29-32H2. The summed E-state index contributed by atoms with van der Waals surface area (Å²) in [6, 6.07) is 58.5. The van der Waals surface area contributed by atoms with Crippen molar-refractivity contribution in [1.82, 2.24) is 9.97 Å². The first kappa shape index (κ1) is 35.2. The van der Waals surface area contributed by atoms with Crippen molar-refractivity contribution in [2.24, 2.45) is 0 Å². The molecular formula is C58H46N2O. The molecule has 0 aliphatic heterocycles. The predicted octanol–water partition coefficient (Wildman–Crippen LogP) is 15.5. The summed E-state index contributed by atoms with van der Waals surface area (Å²) in [5, 5.41) is 1.98. The van der Waals surface area contributed by atoms with Crippen LogP contribution in [0.2, 0.25) is 0 Å². The second-order valence-electron chi connectivity index (χ2n) is 18.2. The van der Waals surface area contributed by atoms with E-state index in [-0.39, 0.29) is 10.8 Å². The summed E-state index contributed by atoms with van der Waals surface area (Å²) < 4.78 is 6.31. The summed E-state index contributed by atoms with van der Waals surface area (Å²) in [6.07, 6.45) is 12.9. The van der Waals surface area contributed by atoms with E-state index in [0.717, 1.165) is 33.2 Å². The van der Waals surface area contributed by atoms with Gasteiger partial charge in [-0.15, -0.1) is 0 Å². The highest BCUT2D eigenvalue weighted by molar-refractivity contribution is 6.10. The molecular weight excluding hydrogens is 741 g/mol. The number of hydrogen-bond donors (Lipinski definition) is 0. The Morgan fingerprint density at radius 3 is 1.69 bits per heavy atom. The monoisotopic (exact) mass is 786 g/mol. The van der Waals surface area contributed by atoms with Crippen molar-refractivity contribution in [3.8, 4) is 67.2 Å². The maximum atomic E-state index is 6.31. The molecule has 0 bridgehead atoms. The molecule has 0 amide bonds. The molecule has 0 unspecified atom stereocenters. The van der Waals surface area contributed by atoms with Crippen molar-refractivity contribution >= 4 is 22.1 Å². The van der Waals surface area contributed by atoms with Crippen LogP contribution >= 0.6 is 0 Å². The van der Waals surface area contributed by atoms with Crippen LogP contribution in [0, 0.1) is 0 Å². The first-order valence-corrected chi connectivity index (χ1v) is 22.6. The molecule has 2 spiro atoms.